The third-order valence-corrected chi connectivity index (χ3v) is 5.76. The predicted molar refractivity (Wildman–Crippen MR) is 131 cm³/mol. The van der Waals surface area contributed by atoms with Crippen molar-refractivity contribution in [3.8, 4) is 5.75 Å². The van der Waals surface area contributed by atoms with E-state index in [-0.39, 0.29) is 18.2 Å². The molecule has 1 N–H and O–H groups in total. The summed E-state index contributed by atoms with van der Waals surface area (Å²) in [5.41, 5.74) is 2.93. The Kier molecular flexibility index (Phi) is 8.90. The summed E-state index contributed by atoms with van der Waals surface area (Å²) < 4.78 is 5.18. The van der Waals surface area contributed by atoms with E-state index in [4.69, 9.17) is 16.3 Å². The van der Waals surface area contributed by atoms with Gasteiger partial charge in [0, 0.05) is 18.1 Å². The Bertz CT molecular complexity index is 1040. The fourth-order valence-corrected chi connectivity index (χ4v) is 3.64. The van der Waals surface area contributed by atoms with Crippen molar-refractivity contribution >= 4 is 23.4 Å². The maximum atomic E-state index is 13.2. The maximum Gasteiger partial charge on any atom is 0.242 e. The molecular formula is C27H29ClN2O3. The van der Waals surface area contributed by atoms with Crippen molar-refractivity contribution in [2.24, 2.45) is 0 Å². The summed E-state index contributed by atoms with van der Waals surface area (Å²) in [6, 6.07) is 24.0. The van der Waals surface area contributed by atoms with Crippen molar-refractivity contribution in [1.82, 2.24) is 10.2 Å². The Labute approximate surface area is 200 Å². The third kappa shape index (κ3) is 7.36. The molecule has 0 aliphatic heterocycles. The molecule has 0 heterocycles. The van der Waals surface area contributed by atoms with Gasteiger partial charge in [-0.25, -0.2) is 0 Å². The van der Waals surface area contributed by atoms with Crippen LogP contribution < -0.4 is 10.1 Å². The van der Waals surface area contributed by atoms with Gasteiger partial charge in [0.1, 0.15) is 11.8 Å². The lowest BCUT2D eigenvalue weighted by molar-refractivity contribution is -0.140. The minimum Gasteiger partial charge on any atom is -0.497 e. The van der Waals surface area contributed by atoms with Crippen LogP contribution in [0.4, 0.5) is 0 Å². The van der Waals surface area contributed by atoms with Crippen LogP contribution in [0, 0.1) is 0 Å². The summed E-state index contributed by atoms with van der Waals surface area (Å²) in [6.45, 7) is 2.62. The van der Waals surface area contributed by atoms with E-state index in [1.807, 2.05) is 66.7 Å². The van der Waals surface area contributed by atoms with Crippen LogP contribution in [-0.4, -0.2) is 36.4 Å². The van der Waals surface area contributed by atoms with E-state index in [1.54, 1.807) is 31.1 Å². The van der Waals surface area contributed by atoms with Crippen LogP contribution in [-0.2, 0) is 29.0 Å². The molecule has 0 radical (unpaired) electrons. The van der Waals surface area contributed by atoms with Gasteiger partial charge in [0.2, 0.25) is 11.8 Å². The van der Waals surface area contributed by atoms with Gasteiger partial charge in [-0.15, -0.1) is 0 Å². The molecule has 0 bridgehead atoms. The molecule has 0 aliphatic rings. The van der Waals surface area contributed by atoms with Crippen LogP contribution in [0.25, 0.3) is 0 Å². The second-order valence-corrected chi connectivity index (χ2v) is 8.31. The number of amides is 2. The first-order valence-corrected chi connectivity index (χ1v) is 11.3. The Morgan fingerprint density at radius 2 is 1.55 bits per heavy atom. The minimum atomic E-state index is -0.610. The normalized spacial score (nSPS) is 11.5. The molecular weight excluding hydrogens is 436 g/mol. The standard InChI is InChI=1S/C27H29ClN2O3/c1-20(27(32)29-17-16-21-10-14-25(33-2)15-11-21)30(19-23-6-4-3-5-7-23)26(31)18-22-8-12-24(28)13-9-22/h3-15,20H,16-19H2,1-2H3,(H,29,32). The van der Waals surface area contributed by atoms with Gasteiger partial charge in [-0.05, 0) is 54.3 Å². The van der Waals surface area contributed by atoms with Crippen LogP contribution in [0.3, 0.4) is 0 Å². The number of nitrogens with one attached hydrogen (secondary N) is 1. The molecule has 1 atom stereocenters. The smallest absolute Gasteiger partial charge is 0.242 e. The lowest BCUT2D eigenvalue weighted by atomic mass is 10.1. The van der Waals surface area contributed by atoms with Crippen molar-refractivity contribution in [2.45, 2.75) is 32.4 Å². The second-order valence-electron chi connectivity index (χ2n) is 7.88. The molecule has 1 unspecified atom stereocenters. The predicted octanol–water partition coefficient (Wildman–Crippen LogP) is 4.67. The summed E-state index contributed by atoms with van der Waals surface area (Å²) in [6.07, 6.45) is 0.896. The zero-order valence-corrected chi connectivity index (χ0v) is 19.7. The average molecular weight is 465 g/mol. The molecule has 3 rings (SSSR count). The maximum absolute atomic E-state index is 13.2. The van der Waals surface area contributed by atoms with Gasteiger partial charge in [-0.2, -0.15) is 0 Å². The summed E-state index contributed by atoms with van der Waals surface area (Å²) in [5, 5.41) is 3.59. The number of hydrogen-bond donors (Lipinski definition) is 1. The quantitative estimate of drug-likeness (QED) is 0.474. The van der Waals surface area contributed by atoms with Crippen molar-refractivity contribution < 1.29 is 14.3 Å². The highest BCUT2D eigenvalue weighted by Crippen LogP contribution is 2.15. The van der Waals surface area contributed by atoms with Gasteiger partial charge in [-0.1, -0.05) is 66.2 Å². The molecule has 3 aromatic carbocycles. The Morgan fingerprint density at radius 3 is 2.18 bits per heavy atom. The first-order valence-electron chi connectivity index (χ1n) is 10.9. The number of nitrogens with zero attached hydrogens (tertiary/aromatic N) is 1. The molecule has 3 aromatic rings. The van der Waals surface area contributed by atoms with E-state index in [1.165, 1.54) is 0 Å². The molecule has 2 amide bonds. The summed E-state index contributed by atoms with van der Waals surface area (Å²) >= 11 is 5.96. The topological polar surface area (TPSA) is 58.6 Å². The molecule has 33 heavy (non-hydrogen) atoms. The zero-order valence-electron chi connectivity index (χ0n) is 19.0. The van der Waals surface area contributed by atoms with E-state index in [0.29, 0.717) is 24.5 Å². The van der Waals surface area contributed by atoms with Crippen molar-refractivity contribution in [3.05, 3.63) is 101 Å². The van der Waals surface area contributed by atoms with Crippen LogP contribution in [0.2, 0.25) is 5.02 Å². The fraction of sp³-hybridized carbons (Fsp3) is 0.259. The largest absolute Gasteiger partial charge is 0.497 e. The number of ether oxygens (including phenoxy) is 1. The van der Waals surface area contributed by atoms with Gasteiger partial charge in [0.15, 0.2) is 0 Å². The number of carbonyl (C=O) groups excluding carboxylic acids is 2. The molecule has 0 saturated carbocycles. The first-order chi connectivity index (χ1) is 16.0. The Hall–Kier alpha value is -3.31. The number of benzene rings is 3. The molecule has 6 heteroatoms. The van der Waals surface area contributed by atoms with Gasteiger partial charge in [0.25, 0.3) is 0 Å². The molecule has 0 fully saturated rings. The van der Waals surface area contributed by atoms with E-state index in [9.17, 15) is 9.59 Å². The first kappa shape index (κ1) is 24.3. The van der Waals surface area contributed by atoms with E-state index < -0.39 is 6.04 Å². The lowest BCUT2D eigenvalue weighted by Crippen LogP contribution is -2.48. The van der Waals surface area contributed by atoms with Crippen molar-refractivity contribution in [3.63, 3.8) is 0 Å². The SMILES string of the molecule is COc1ccc(CCNC(=O)C(C)N(Cc2ccccc2)C(=O)Cc2ccc(Cl)cc2)cc1. The summed E-state index contributed by atoms with van der Waals surface area (Å²) in [7, 11) is 1.63. The monoisotopic (exact) mass is 464 g/mol. The van der Waals surface area contributed by atoms with Gasteiger partial charge >= 0.3 is 0 Å². The van der Waals surface area contributed by atoms with Crippen LogP contribution in [0.5, 0.6) is 5.75 Å². The number of methoxy groups -OCH3 is 1. The van der Waals surface area contributed by atoms with Crippen LogP contribution in [0.15, 0.2) is 78.9 Å². The van der Waals surface area contributed by atoms with Crippen molar-refractivity contribution in [2.75, 3.05) is 13.7 Å². The van der Waals surface area contributed by atoms with Gasteiger partial charge < -0.3 is 15.0 Å². The minimum absolute atomic E-state index is 0.112. The second kappa shape index (κ2) is 12.1. The van der Waals surface area contributed by atoms with Crippen LogP contribution >= 0.6 is 11.6 Å². The fourth-order valence-electron chi connectivity index (χ4n) is 3.51. The van der Waals surface area contributed by atoms with Crippen molar-refractivity contribution in [1.29, 1.82) is 0 Å². The van der Waals surface area contributed by atoms with Gasteiger partial charge in [-0.3, -0.25) is 9.59 Å². The average Bonchev–Trinajstić information content (AvgIpc) is 2.84. The number of hydrogen-bond acceptors (Lipinski definition) is 3. The van der Waals surface area contributed by atoms with E-state index >= 15 is 0 Å². The molecule has 0 aromatic heterocycles. The van der Waals surface area contributed by atoms with E-state index in [0.717, 1.165) is 22.4 Å². The third-order valence-electron chi connectivity index (χ3n) is 5.50. The Balaban J connectivity index is 1.64. The van der Waals surface area contributed by atoms with Crippen LogP contribution in [0.1, 0.15) is 23.6 Å². The summed E-state index contributed by atoms with van der Waals surface area (Å²) in [4.78, 5) is 27.8. The Morgan fingerprint density at radius 1 is 0.909 bits per heavy atom. The number of rotatable bonds is 10. The highest BCUT2D eigenvalue weighted by atomic mass is 35.5. The molecule has 0 saturated heterocycles. The number of carbonyl (C=O) groups is 2. The van der Waals surface area contributed by atoms with E-state index in [2.05, 4.69) is 5.32 Å². The molecule has 172 valence electrons. The highest BCUT2D eigenvalue weighted by Gasteiger charge is 2.26. The summed E-state index contributed by atoms with van der Waals surface area (Å²) in [5.74, 6) is 0.509. The molecule has 5 nitrogen and oxygen atoms in total. The molecule has 0 spiro atoms. The number of halogens is 1. The molecule has 0 aliphatic carbocycles. The highest BCUT2D eigenvalue weighted by molar-refractivity contribution is 6.30. The lowest BCUT2D eigenvalue weighted by Gasteiger charge is -2.29. The van der Waals surface area contributed by atoms with Gasteiger partial charge in [0.05, 0.1) is 13.5 Å². The zero-order chi connectivity index (χ0) is 23.6.